The molecule has 5 nitrogen and oxygen atoms in total. The third-order valence-corrected chi connectivity index (χ3v) is 7.00. The van der Waals surface area contributed by atoms with Crippen molar-refractivity contribution in [3.8, 4) is 0 Å². The van der Waals surface area contributed by atoms with Crippen molar-refractivity contribution in [3.63, 3.8) is 0 Å². The molecule has 0 spiro atoms. The van der Waals surface area contributed by atoms with Crippen molar-refractivity contribution in [1.82, 2.24) is 0 Å². The van der Waals surface area contributed by atoms with Crippen molar-refractivity contribution in [2.45, 2.75) is 18.1 Å². The summed E-state index contributed by atoms with van der Waals surface area (Å²) in [6.45, 7) is 0. The van der Waals surface area contributed by atoms with Gasteiger partial charge in [-0.2, -0.15) is 0 Å². The van der Waals surface area contributed by atoms with Gasteiger partial charge in [0.1, 0.15) is 11.7 Å². The summed E-state index contributed by atoms with van der Waals surface area (Å²) in [6, 6.07) is 26.4. The summed E-state index contributed by atoms with van der Waals surface area (Å²) in [5, 5.41) is 4.25. The van der Waals surface area contributed by atoms with Crippen LogP contribution in [0.1, 0.15) is 22.8 Å². The van der Waals surface area contributed by atoms with Gasteiger partial charge < -0.3 is 14.2 Å². The fraction of sp³-hybridized carbons (Fsp3) is 0.172. The lowest BCUT2D eigenvalue weighted by Crippen LogP contribution is -2.34. The molecule has 2 aliphatic heterocycles. The van der Waals surface area contributed by atoms with E-state index >= 15 is 0 Å². The summed E-state index contributed by atoms with van der Waals surface area (Å²) < 4.78 is 16.9. The van der Waals surface area contributed by atoms with Gasteiger partial charge in [0.25, 0.3) is 0 Å². The van der Waals surface area contributed by atoms with Gasteiger partial charge in [-0.3, -0.25) is 0 Å². The Kier molecular flexibility index (Phi) is 4.57. The number of fused-ring (bicyclic) bond motifs is 7. The molecule has 2 atom stereocenters. The Bertz CT molecular complexity index is 1530. The minimum Gasteiger partial charge on any atom is -0.466 e. The standard InChI is InChI=1S/C29H22O5/c1-32-27(30)24-25(28(31)33-2)29(16-20-12-7-11-17-8-5-6-13-21(17)20)23-15-19-10-4-3-9-18(19)14-22(23)26(24)34-29/h3-15,26H,16H2,1-2H3. The van der Waals surface area contributed by atoms with E-state index in [4.69, 9.17) is 14.2 Å². The second-order valence-electron chi connectivity index (χ2n) is 8.70. The van der Waals surface area contributed by atoms with Gasteiger partial charge in [0, 0.05) is 6.42 Å². The maximum absolute atomic E-state index is 13.2. The number of hydrogen-bond acceptors (Lipinski definition) is 5. The highest BCUT2D eigenvalue weighted by Gasteiger charge is 2.60. The third-order valence-electron chi connectivity index (χ3n) is 7.00. The number of methoxy groups -OCH3 is 2. The predicted octanol–water partition coefficient (Wildman–Crippen LogP) is 5.16. The summed E-state index contributed by atoms with van der Waals surface area (Å²) in [5.41, 5.74) is 2.07. The molecule has 0 saturated heterocycles. The molecular formula is C29H22O5. The largest absolute Gasteiger partial charge is 0.466 e. The summed E-state index contributed by atoms with van der Waals surface area (Å²) in [4.78, 5) is 26.1. The highest BCUT2D eigenvalue weighted by molar-refractivity contribution is 6.06. The minimum absolute atomic E-state index is 0.220. The van der Waals surface area contributed by atoms with E-state index in [1.165, 1.54) is 14.2 Å². The van der Waals surface area contributed by atoms with Crippen LogP contribution in [0.25, 0.3) is 21.5 Å². The van der Waals surface area contributed by atoms with Gasteiger partial charge in [-0.1, -0.05) is 66.7 Å². The lowest BCUT2D eigenvalue weighted by Gasteiger charge is -2.30. The molecule has 168 valence electrons. The van der Waals surface area contributed by atoms with Crippen LogP contribution >= 0.6 is 0 Å². The number of rotatable bonds is 4. The van der Waals surface area contributed by atoms with E-state index in [-0.39, 0.29) is 11.1 Å². The molecule has 2 heterocycles. The lowest BCUT2D eigenvalue weighted by molar-refractivity contribution is -0.140. The van der Waals surface area contributed by atoms with Crippen LogP contribution in [-0.2, 0) is 35.8 Å². The Balaban J connectivity index is 1.65. The smallest absolute Gasteiger partial charge is 0.337 e. The van der Waals surface area contributed by atoms with E-state index in [1.807, 2.05) is 48.5 Å². The molecule has 4 aromatic carbocycles. The zero-order valence-corrected chi connectivity index (χ0v) is 18.8. The molecule has 0 amide bonds. The lowest BCUT2D eigenvalue weighted by atomic mass is 9.73. The van der Waals surface area contributed by atoms with E-state index in [0.717, 1.165) is 38.2 Å². The van der Waals surface area contributed by atoms with E-state index in [2.05, 4.69) is 30.3 Å². The molecule has 2 aliphatic rings. The van der Waals surface area contributed by atoms with E-state index in [9.17, 15) is 9.59 Å². The first-order chi connectivity index (χ1) is 16.6. The van der Waals surface area contributed by atoms with Crippen molar-refractivity contribution in [1.29, 1.82) is 0 Å². The molecule has 6 rings (SSSR count). The zero-order chi connectivity index (χ0) is 23.4. The van der Waals surface area contributed by atoms with Crippen LogP contribution in [0.15, 0.2) is 90.0 Å². The normalized spacial score (nSPS) is 20.6. The van der Waals surface area contributed by atoms with Crippen LogP contribution in [0.4, 0.5) is 0 Å². The highest BCUT2D eigenvalue weighted by atomic mass is 16.6. The number of ether oxygens (including phenoxy) is 3. The predicted molar refractivity (Wildman–Crippen MR) is 128 cm³/mol. The van der Waals surface area contributed by atoms with Crippen LogP contribution < -0.4 is 0 Å². The number of esters is 2. The summed E-state index contributed by atoms with van der Waals surface area (Å²) >= 11 is 0. The Morgan fingerprint density at radius 1 is 0.824 bits per heavy atom. The average molecular weight is 450 g/mol. The maximum atomic E-state index is 13.2. The molecule has 2 unspecified atom stereocenters. The first kappa shape index (κ1) is 20.6. The summed E-state index contributed by atoms with van der Waals surface area (Å²) in [5.74, 6) is -1.16. The van der Waals surface area contributed by atoms with Gasteiger partial charge in [0.15, 0.2) is 0 Å². The Labute approximate surface area is 196 Å². The molecule has 0 radical (unpaired) electrons. The fourth-order valence-electron chi connectivity index (χ4n) is 5.55. The Hall–Kier alpha value is -3.96. The molecule has 5 heteroatoms. The summed E-state index contributed by atoms with van der Waals surface area (Å²) in [7, 11) is 2.64. The maximum Gasteiger partial charge on any atom is 0.337 e. The first-order valence-corrected chi connectivity index (χ1v) is 11.2. The molecule has 0 N–H and O–H groups in total. The average Bonchev–Trinajstić information content (AvgIpc) is 3.37. The van der Waals surface area contributed by atoms with Crippen LogP contribution in [0, 0.1) is 0 Å². The molecule has 0 saturated carbocycles. The fourth-order valence-corrected chi connectivity index (χ4v) is 5.55. The van der Waals surface area contributed by atoms with Gasteiger partial charge in [0.05, 0.1) is 25.4 Å². The topological polar surface area (TPSA) is 61.8 Å². The molecular weight excluding hydrogens is 428 g/mol. The van der Waals surface area contributed by atoms with Crippen LogP contribution in [0.5, 0.6) is 0 Å². The molecule has 34 heavy (non-hydrogen) atoms. The molecule has 2 bridgehead atoms. The van der Waals surface area contributed by atoms with Crippen molar-refractivity contribution in [2.24, 2.45) is 0 Å². The van der Waals surface area contributed by atoms with E-state index in [1.54, 1.807) is 0 Å². The van der Waals surface area contributed by atoms with Crippen LogP contribution in [0.2, 0.25) is 0 Å². The van der Waals surface area contributed by atoms with Gasteiger partial charge in [-0.25, -0.2) is 9.59 Å². The van der Waals surface area contributed by atoms with Crippen LogP contribution in [0.3, 0.4) is 0 Å². The molecule has 0 aliphatic carbocycles. The van der Waals surface area contributed by atoms with Crippen LogP contribution in [-0.4, -0.2) is 26.2 Å². The van der Waals surface area contributed by atoms with Gasteiger partial charge in [0.2, 0.25) is 0 Å². The van der Waals surface area contributed by atoms with Crippen molar-refractivity contribution < 1.29 is 23.8 Å². The molecule has 4 aromatic rings. The molecule has 0 fully saturated rings. The van der Waals surface area contributed by atoms with Crippen molar-refractivity contribution in [3.05, 3.63) is 107 Å². The van der Waals surface area contributed by atoms with Crippen molar-refractivity contribution >= 4 is 33.5 Å². The van der Waals surface area contributed by atoms with Gasteiger partial charge in [-0.05, 0) is 50.4 Å². The van der Waals surface area contributed by atoms with Crippen molar-refractivity contribution in [2.75, 3.05) is 14.2 Å². The number of carbonyl (C=O) groups excluding carboxylic acids is 2. The SMILES string of the molecule is COC(=O)C1=C(C(=O)OC)C2(Cc3cccc4ccccc34)OC1c1cc3ccccc3cc12. The first-order valence-electron chi connectivity index (χ1n) is 11.2. The zero-order valence-electron chi connectivity index (χ0n) is 18.8. The van der Waals surface area contributed by atoms with E-state index < -0.39 is 23.6 Å². The second kappa shape index (κ2) is 7.54. The Morgan fingerprint density at radius 3 is 2.21 bits per heavy atom. The number of carbonyl (C=O) groups is 2. The quantitative estimate of drug-likeness (QED) is 0.402. The molecule has 0 aromatic heterocycles. The number of hydrogen-bond donors (Lipinski definition) is 0. The van der Waals surface area contributed by atoms with Gasteiger partial charge >= 0.3 is 11.9 Å². The summed E-state index contributed by atoms with van der Waals surface area (Å²) in [6.07, 6.45) is -0.322. The van der Waals surface area contributed by atoms with Gasteiger partial charge in [-0.15, -0.1) is 0 Å². The Morgan fingerprint density at radius 2 is 1.47 bits per heavy atom. The number of benzene rings is 4. The minimum atomic E-state index is -1.16. The highest BCUT2D eigenvalue weighted by Crippen LogP contribution is 2.60. The third kappa shape index (κ3) is 2.77. The monoisotopic (exact) mass is 450 g/mol. The second-order valence-corrected chi connectivity index (χ2v) is 8.70. The van der Waals surface area contributed by atoms with E-state index in [0.29, 0.717) is 6.42 Å².